The number of rotatable bonds is 7. The molecule has 0 aliphatic heterocycles. The summed E-state index contributed by atoms with van der Waals surface area (Å²) in [6.45, 7) is 1.76. The van der Waals surface area contributed by atoms with Gasteiger partial charge in [-0.15, -0.1) is 11.3 Å². The molecule has 0 aliphatic carbocycles. The minimum atomic E-state index is -0.451. The SMILES string of the molecule is NC(=O)COCCNCc1sc2ccccc2c1Cl. The highest BCUT2D eigenvalue weighted by atomic mass is 35.5. The summed E-state index contributed by atoms with van der Waals surface area (Å²) >= 11 is 8.00. The van der Waals surface area contributed by atoms with Crippen molar-refractivity contribution in [3.8, 4) is 0 Å². The second-order valence-electron chi connectivity index (χ2n) is 4.03. The number of halogens is 1. The van der Waals surface area contributed by atoms with Crippen molar-refractivity contribution in [1.29, 1.82) is 0 Å². The first-order chi connectivity index (χ1) is 9.18. The number of fused-ring (bicyclic) bond motifs is 1. The van der Waals surface area contributed by atoms with Crippen LogP contribution in [0, 0.1) is 0 Å². The molecule has 1 aromatic carbocycles. The van der Waals surface area contributed by atoms with Gasteiger partial charge in [-0.05, 0) is 6.07 Å². The molecule has 4 nitrogen and oxygen atoms in total. The zero-order chi connectivity index (χ0) is 13.7. The van der Waals surface area contributed by atoms with Crippen LogP contribution in [0.3, 0.4) is 0 Å². The van der Waals surface area contributed by atoms with E-state index in [4.69, 9.17) is 22.1 Å². The fourth-order valence-corrected chi connectivity index (χ4v) is 3.17. The van der Waals surface area contributed by atoms with Crippen LogP contribution in [0.2, 0.25) is 5.02 Å². The Kier molecular flexibility index (Phi) is 5.15. The molecule has 0 spiro atoms. The average molecular weight is 299 g/mol. The van der Waals surface area contributed by atoms with E-state index < -0.39 is 5.91 Å². The number of ether oxygens (including phenoxy) is 1. The van der Waals surface area contributed by atoms with Gasteiger partial charge in [0.25, 0.3) is 0 Å². The lowest BCUT2D eigenvalue weighted by Crippen LogP contribution is -2.23. The lowest BCUT2D eigenvalue weighted by atomic mass is 10.2. The van der Waals surface area contributed by atoms with Gasteiger partial charge in [-0.3, -0.25) is 4.79 Å². The third-order valence-corrected chi connectivity index (χ3v) is 4.27. The molecule has 0 unspecified atom stereocenters. The number of nitrogens with two attached hydrogens (primary N) is 1. The normalized spacial score (nSPS) is 11.0. The quantitative estimate of drug-likeness (QED) is 0.770. The standard InChI is InChI=1S/C13H15ClN2O2S/c14-13-9-3-1-2-4-10(9)19-11(13)7-16-5-6-18-8-12(15)17/h1-4,16H,5-8H2,(H2,15,17). The topological polar surface area (TPSA) is 64.4 Å². The molecule has 0 radical (unpaired) electrons. The van der Waals surface area contributed by atoms with Crippen molar-refractivity contribution >= 4 is 38.9 Å². The number of hydrogen-bond donors (Lipinski definition) is 2. The van der Waals surface area contributed by atoms with Crippen molar-refractivity contribution < 1.29 is 9.53 Å². The van der Waals surface area contributed by atoms with Crippen LogP contribution in [0.15, 0.2) is 24.3 Å². The van der Waals surface area contributed by atoms with Crippen molar-refractivity contribution in [2.45, 2.75) is 6.54 Å². The van der Waals surface area contributed by atoms with Crippen LogP contribution in [0.4, 0.5) is 0 Å². The largest absolute Gasteiger partial charge is 0.370 e. The zero-order valence-electron chi connectivity index (χ0n) is 10.3. The lowest BCUT2D eigenvalue weighted by molar-refractivity contribution is -0.122. The Bertz CT molecular complexity index is 571. The fraction of sp³-hybridized carbons (Fsp3) is 0.308. The molecule has 2 rings (SSSR count). The number of thiophene rings is 1. The van der Waals surface area contributed by atoms with Crippen molar-refractivity contribution in [2.75, 3.05) is 19.8 Å². The first-order valence-corrected chi connectivity index (χ1v) is 7.10. The second-order valence-corrected chi connectivity index (χ2v) is 5.55. The Morgan fingerprint density at radius 2 is 2.21 bits per heavy atom. The van der Waals surface area contributed by atoms with Crippen LogP contribution in [0.1, 0.15) is 4.88 Å². The van der Waals surface area contributed by atoms with E-state index in [2.05, 4.69) is 11.4 Å². The molecular formula is C13H15ClN2O2S. The molecule has 1 aromatic heterocycles. The lowest BCUT2D eigenvalue weighted by Gasteiger charge is -2.04. The van der Waals surface area contributed by atoms with E-state index in [1.165, 1.54) is 4.70 Å². The number of benzene rings is 1. The smallest absolute Gasteiger partial charge is 0.243 e. The van der Waals surface area contributed by atoms with Crippen LogP contribution < -0.4 is 11.1 Å². The molecular weight excluding hydrogens is 284 g/mol. The number of carbonyl (C=O) groups excluding carboxylic acids is 1. The van der Waals surface area contributed by atoms with Crippen LogP contribution in [-0.4, -0.2) is 25.7 Å². The summed E-state index contributed by atoms with van der Waals surface area (Å²) in [7, 11) is 0. The van der Waals surface area contributed by atoms with E-state index in [0.29, 0.717) is 19.7 Å². The Balaban J connectivity index is 1.82. The van der Waals surface area contributed by atoms with Crippen LogP contribution in [-0.2, 0) is 16.1 Å². The predicted molar refractivity (Wildman–Crippen MR) is 78.6 cm³/mol. The number of carbonyl (C=O) groups is 1. The molecule has 102 valence electrons. The van der Waals surface area contributed by atoms with Crippen LogP contribution in [0.5, 0.6) is 0 Å². The molecule has 1 heterocycles. The van der Waals surface area contributed by atoms with Crippen molar-refractivity contribution in [2.24, 2.45) is 5.73 Å². The maximum absolute atomic E-state index is 10.5. The number of hydrogen-bond acceptors (Lipinski definition) is 4. The first-order valence-electron chi connectivity index (χ1n) is 5.91. The van der Waals surface area contributed by atoms with Gasteiger partial charge in [0.1, 0.15) is 6.61 Å². The van der Waals surface area contributed by atoms with E-state index >= 15 is 0 Å². The van der Waals surface area contributed by atoms with Gasteiger partial charge >= 0.3 is 0 Å². The van der Waals surface area contributed by atoms with Gasteiger partial charge in [0.2, 0.25) is 5.91 Å². The second kappa shape index (κ2) is 6.86. The third-order valence-electron chi connectivity index (χ3n) is 2.55. The van der Waals surface area contributed by atoms with Crippen molar-refractivity contribution in [3.05, 3.63) is 34.2 Å². The summed E-state index contributed by atoms with van der Waals surface area (Å²) < 4.78 is 6.24. The Labute approximate surface area is 120 Å². The van der Waals surface area contributed by atoms with Crippen LogP contribution in [0.25, 0.3) is 10.1 Å². The molecule has 3 N–H and O–H groups in total. The Morgan fingerprint density at radius 3 is 2.95 bits per heavy atom. The van der Waals surface area contributed by atoms with Gasteiger partial charge in [-0.2, -0.15) is 0 Å². The van der Waals surface area contributed by atoms with Gasteiger partial charge in [0.05, 0.1) is 11.6 Å². The van der Waals surface area contributed by atoms with Gasteiger partial charge in [-0.25, -0.2) is 0 Å². The fourth-order valence-electron chi connectivity index (χ4n) is 1.70. The molecule has 0 atom stereocenters. The molecule has 19 heavy (non-hydrogen) atoms. The van der Waals surface area contributed by atoms with E-state index in [1.807, 2.05) is 18.2 Å². The van der Waals surface area contributed by atoms with Gasteiger partial charge < -0.3 is 15.8 Å². The van der Waals surface area contributed by atoms with E-state index in [0.717, 1.165) is 15.3 Å². The van der Waals surface area contributed by atoms with Crippen LogP contribution >= 0.6 is 22.9 Å². The number of nitrogens with one attached hydrogen (secondary N) is 1. The first kappa shape index (κ1) is 14.3. The van der Waals surface area contributed by atoms with Gasteiger partial charge in [-0.1, -0.05) is 29.8 Å². The van der Waals surface area contributed by atoms with Gasteiger partial charge in [0.15, 0.2) is 0 Å². The Hall–Kier alpha value is -1.14. The minimum absolute atomic E-state index is 0.0364. The number of primary amides is 1. The minimum Gasteiger partial charge on any atom is -0.370 e. The Morgan fingerprint density at radius 1 is 1.42 bits per heavy atom. The maximum atomic E-state index is 10.5. The summed E-state index contributed by atoms with van der Waals surface area (Å²) in [4.78, 5) is 11.6. The monoisotopic (exact) mass is 298 g/mol. The highest BCUT2D eigenvalue weighted by Gasteiger charge is 2.08. The number of amides is 1. The molecule has 0 saturated carbocycles. The average Bonchev–Trinajstić information content (AvgIpc) is 2.71. The highest BCUT2D eigenvalue weighted by Crippen LogP contribution is 2.34. The van der Waals surface area contributed by atoms with E-state index in [1.54, 1.807) is 11.3 Å². The van der Waals surface area contributed by atoms with E-state index in [9.17, 15) is 4.79 Å². The maximum Gasteiger partial charge on any atom is 0.243 e. The summed E-state index contributed by atoms with van der Waals surface area (Å²) in [5, 5.41) is 5.13. The molecule has 0 fully saturated rings. The molecule has 0 saturated heterocycles. The highest BCUT2D eigenvalue weighted by molar-refractivity contribution is 7.19. The van der Waals surface area contributed by atoms with E-state index in [-0.39, 0.29) is 6.61 Å². The van der Waals surface area contributed by atoms with Gasteiger partial charge in [0, 0.05) is 28.1 Å². The van der Waals surface area contributed by atoms with Crippen molar-refractivity contribution in [3.63, 3.8) is 0 Å². The summed E-state index contributed by atoms with van der Waals surface area (Å²) in [6, 6.07) is 8.07. The predicted octanol–water partition coefficient (Wildman–Crippen LogP) is 2.15. The molecule has 6 heteroatoms. The molecule has 0 bridgehead atoms. The third kappa shape index (κ3) is 3.91. The summed E-state index contributed by atoms with van der Waals surface area (Å²) in [6.07, 6.45) is 0. The molecule has 1 amide bonds. The molecule has 2 aromatic rings. The summed E-state index contributed by atoms with van der Waals surface area (Å²) in [5.41, 5.74) is 4.96. The zero-order valence-corrected chi connectivity index (χ0v) is 11.9. The van der Waals surface area contributed by atoms with Crippen molar-refractivity contribution in [1.82, 2.24) is 5.32 Å². The molecule has 0 aliphatic rings. The summed E-state index contributed by atoms with van der Waals surface area (Å²) in [5.74, 6) is -0.451.